The summed E-state index contributed by atoms with van der Waals surface area (Å²) in [6, 6.07) is 0.980. The van der Waals surface area contributed by atoms with Crippen molar-refractivity contribution in [3.63, 3.8) is 0 Å². The molecule has 0 radical (unpaired) electrons. The molecule has 3 N–H and O–H groups in total. The Labute approximate surface area is 171 Å². The van der Waals surface area contributed by atoms with Crippen LogP contribution in [0.3, 0.4) is 0 Å². The maximum atomic E-state index is 6.42. The largest absolute Gasteiger partial charge is 0.407 e. The summed E-state index contributed by atoms with van der Waals surface area (Å²) < 4.78 is 20.2. The van der Waals surface area contributed by atoms with Gasteiger partial charge in [-0.05, 0) is 38.3 Å². The minimum Gasteiger partial charge on any atom is -0.407 e. The first-order valence-corrected chi connectivity index (χ1v) is 13.9. The van der Waals surface area contributed by atoms with E-state index in [0.29, 0.717) is 0 Å². The van der Waals surface area contributed by atoms with Crippen molar-refractivity contribution < 1.29 is 13.0 Å². The highest BCUT2D eigenvalue weighted by Gasteiger charge is 2.30. The zero-order valence-electron chi connectivity index (χ0n) is 18.7. The molecule has 0 heterocycles. The first-order valence-electron chi connectivity index (χ1n) is 10.7. The lowest BCUT2D eigenvalue weighted by Gasteiger charge is -2.35. The summed E-state index contributed by atoms with van der Waals surface area (Å²) in [5.41, 5.74) is 9.84. The number of hydrogen-bond donors (Lipinski definition) is 2. The standard InChI is InChI=1S/C18H46N4O3Si2/c1-7-10-14-20-21(4)15-12-17-26(23-5)25-27(24-6)22(16-11-8-2)18(19)13-9-3/h18,20,26-27H,7-17,19H2,1-6H3. The van der Waals surface area contributed by atoms with Crippen LogP contribution in [0.2, 0.25) is 6.04 Å². The molecule has 0 amide bonds. The molecule has 27 heavy (non-hydrogen) atoms. The monoisotopic (exact) mass is 422 g/mol. The van der Waals surface area contributed by atoms with Crippen LogP contribution < -0.4 is 11.2 Å². The fraction of sp³-hybridized carbons (Fsp3) is 1.00. The quantitative estimate of drug-likeness (QED) is 0.143. The average molecular weight is 423 g/mol. The van der Waals surface area contributed by atoms with E-state index in [-0.39, 0.29) is 6.17 Å². The highest BCUT2D eigenvalue weighted by molar-refractivity contribution is 6.57. The molecular weight excluding hydrogens is 376 g/mol. The molecule has 3 unspecified atom stereocenters. The van der Waals surface area contributed by atoms with Gasteiger partial charge in [0, 0.05) is 34.4 Å². The smallest absolute Gasteiger partial charge is 0.402 e. The Kier molecular flexibility index (Phi) is 18.3. The lowest BCUT2D eigenvalue weighted by atomic mass is 10.2. The molecular formula is C18H46N4O3Si2. The Hall–Kier alpha value is 0.154. The second-order valence-electron chi connectivity index (χ2n) is 7.12. The van der Waals surface area contributed by atoms with Crippen LogP contribution in [0.25, 0.3) is 0 Å². The summed E-state index contributed by atoms with van der Waals surface area (Å²) in [5.74, 6) is 0. The zero-order valence-corrected chi connectivity index (χ0v) is 21.0. The Balaban J connectivity index is 4.52. The molecule has 0 aliphatic carbocycles. The molecule has 0 fully saturated rings. The number of nitrogens with one attached hydrogen (secondary N) is 1. The summed E-state index contributed by atoms with van der Waals surface area (Å²) >= 11 is 0. The van der Waals surface area contributed by atoms with Crippen LogP contribution in [-0.4, -0.2) is 75.4 Å². The third kappa shape index (κ3) is 13.1. The van der Waals surface area contributed by atoms with E-state index in [1.807, 2.05) is 0 Å². The van der Waals surface area contributed by atoms with E-state index in [1.54, 1.807) is 14.2 Å². The molecule has 0 saturated heterocycles. The third-order valence-electron chi connectivity index (χ3n) is 4.63. The normalized spacial score (nSPS) is 15.4. The second-order valence-corrected chi connectivity index (χ2v) is 11.9. The molecule has 0 saturated carbocycles. The second kappa shape index (κ2) is 18.2. The molecule has 3 atom stereocenters. The van der Waals surface area contributed by atoms with Crippen LogP contribution >= 0.6 is 0 Å². The molecule has 0 bridgehead atoms. The summed E-state index contributed by atoms with van der Waals surface area (Å²) in [5, 5.41) is 2.17. The number of hydrazine groups is 1. The van der Waals surface area contributed by atoms with Gasteiger partial charge in [0.05, 0.1) is 6.17 Å². The van der Waals surface area contributed by atoms with Crippen molar-refractivity contribution in [1.82, 2.24) is 15.0 Å². The lowest BCUT2D eigenvalue weighted by molar-refractivity contribution is 0.177. The Morgan fingerprint density at radius 2 is 1.67 bits per heavy atom. The molecule has 9 heteroatoms. The number of nitrogens with two attached hydrogens (primary N) is 1. The summed E-state index contributed by atoms with van der Waals surface area (Å²) in [6.45, 7) is 9.55. The average Bonchev–Trinajstić information content (AvgIpc) is 2.66. The van der Waals surface area contributed by atoms with Gasteiger partial charge in [0.2, 0.25) is 0 Å². The molecule has 0 rings (SSSR count). The van der Waals surface area contributed by atoms with E-state index < -0.39 is 18.7 Å². The van der Waals surface area contributed by atoms with Gasteiger partial charge in [-0.25, -0.2) is 5.01 Å². The Morgan fingerprint density at radius 3 is 2.22 bits per heavy atom. The van der Waals surface area contributed by atoms with Gasteiger partial charge in [-0.15, -0.1) is 0 Å². The van der Waals surface area contributed by atoms with E-state index in [4.69, 9.17) is 18.7 Å². The highest BCUT2D eigenvalue weighted by Crippen LogP contribution is 2.12. The number of nitrogens with zero attached hydrogens (tertiary/aromatic N) is 2. The van der Waals surface area contributed by atoms with E-state index in [0.717, 1.165) is 57.8 Å². The molecule has 0 spiro atoms. The van der Waals surface area contributed by atoms with Gasteiger partial charge in [0.15, 0.2) is 0 Å². The van der Waals surface area contributed by atoms with Gasteiger partial charge in [-0.2, -0.15) is 0 Å². The molecule has 0 aliphatic heterocycles. The van der Waals surface area contributed by atoms with Crippen molar-refractivity contribution in [2.75, 3.05) is 40.9 Å². The number of rotatable bonds is 19. The van der Waals surface area contributed by atoms with Crippen LogP contribution in [0.15, 0.2) is 0 Å². The van der Waals surface area contributed by atoms with Gasteiger partial charge in [0.25, 0.3) is 0 Å². The van der Waals surface area contributed by atoms with Crippen LogP contribution in [0.4, 0.5) is 0 Å². The lowest BCUT2D eigenvalue weighted by Crippen LogP contribution is -2.55. The predicted molar refractivity (Wildman–Crippen MR) is 119 cm³/mol. The third-order valence-corrected chi connectivity index (χ3v) is 9.77. The molecule has 0 aliphatic rings. The Bertz CT molecular complexity index is 333. The molecule has 0 aromatic heterocycles. The highest BCUT2D eigenvalue weighted by atomic mass is 28.4. The first-order chi connectivity index (χ1) is 13.0. The minimum atomic E-state index is -2.00. The van der Waals surface area contributed by atoms with Gasteiger partial charge in [-0.1, -0.05) is 40.0 Å². The molecule has 0 aromatic carbocycles. The summed E-state index contributed by atoms with van der Waals surface area (Å²) in [6.07, 6.45) is 7.77. The first kappa shape index (κ1) is 27.2. The van der Waals surface area contributed by atoms with E-state index in [1.165, 1.54) is 12.8 Å². The number of unbranched alkanes of at least 4 members (excludes halogenated alkanes) is 2. The zero-order chi connectivity index (χ0) is 20.5. The molecule has 7 nitrogen and oxygen atoms in total. The van der Waals surface area contributed by atoms with Crippen LogP contribution in [0.5, 0.6) is 0 Å². The minimum absolute atomic E-state index is 0.0126. The SMILES string of the molecule is CCCCNN(C)CCC[SiH](OC)O[SiH](OC)N(CCCC)C(N)CCC. The number of hydrogen-bond acceptors (Lipinski definition) is 7. The van der Waals surface area contributed by atoms with Crippen LogP contribution in [-0.2, 0) is 13.0 Å². The van der Waals surface area contributed by atoms with Gasteiger partial charge in [0.1, 0.15) is 0 Å². The Morgan fingerprint density at radius 1 is 0.963 bits per heavy atom. The van der Waals surface area contributed by atoms with E-state index in [2.05, 4.69) is 42.8 Å². The van der Waals surface area contributed by atoms with Crippen molar-refractivity contribution in [2.24, 2.45) is 5.73 Å². The van der Waals surface area contributed by atoms with Crippen molar-refractivity contribution in [3.8, 4) is 0 Å². The van der Waals surface area contributed by atoms with Gasteiger partial charge in [-0.3, -0.25) is 9.99 Å². The predicted octanol–water partition coefficient (Wildman–Crippen LogP) is 2.05. The summed E-state index contributed by atoms with van der Waals surface area (Å²) in [4.78, 5) is 0. The van der Waals surface area contributed by atoms with Gasteiger partial charge >= 0.3 is 18.7 Å². The fourth-order valence-electron chi connectivity index (χ4n) is 2.89. The van der Waals surface area contributed by atoms with Gasteiger partial charge < -0.3 is 18.7 Å². The van der Waals surface area contributed by atoms with E-state index >= 15 is 0 Å². The fourth-order valence-corrected chi connectivity index (χ4v) is 7.87. The van der Waals surface area contributed by atoms with Crippen LogP contribution in [0, 0.1) is 0 Å². The van der Waals surface area contributed by atoms with Crippen molar-refractivity contribution in [2.45, 2.75) is 77.9 Å². The molecule has 0 aromatic rings. The van der Waals surface area contributed by atoms with Crippen LogP contribution in [0.1, 0.15) is 65.7 Å². The van der Waals surface area contributed by atoms with Crippen molar-refractivity contribution in [1.29, 1.82) is 0 Å². The van der Waals surface area contributed by atoms with E-state index in [9.17, 15) is 0 Å². The maximum Gasteiger partial charge on any atom is 0.402 e. The topological polar surface area (TPSA) is 72.2 Å². The molecule has 164 valence electrons. The van der Waals surface area contributed by atoms with Crippen molar-refractivity contribution in [3.05, 3.63) is 0 Å². The summed E-state index contributed by atoms with van der Waals surface area (Å²) in [7, 11) is 1.87. The maximum absolute atomic E-state index is 6.42. The van der Waals surface area contributed by atoms with Crippen molar-refractivity contribution >= 4 is 18.7 Å².